The minimum absolute atomic E-state index is 0.118. The van der Waals surface area contributed by atoms with E-state index in [0.29, 0.717) is 0 Å². The highest BCUT2D eigenvalue weighted by Gasteiger charge is 2.53. The van der Waals surface area contributed by atoms with Gasteiger partial charge in [-0.05, 0) is 50.3 Å². The first-order chi connectivity index (χ1) is 8.47. The molecule has 0 saturated heterocycles. The summed E-state index contributed by atoms with van der Waals surface area (Å²) in [6, 6.07) is 2.11. The summed E-state index contributed by atoms with van der Waals surface area (Å²) in [5.41, 5.74) is 6.16. The summed E-state index contributed by atoms with van der Waals surface area (Å²) < 4.78 is 5.54. The van der Waals surface area contributed by atoms with Gasteiger partial charge in [0, 0.05) is 5.56 Å². The Bertz CT molecular complexity index is 505. The third-order valence-electron chi connectivity index (χ3n) is 3.98. The average Bonchev–Trinajstić information content (AvgIpc) is 3.13. The van der Waals surface area contributed by atoms with Gasteiger partial charge < -0.3 is 4.74 Å². The van der Waals surface area contributed by atoms with Crippen molar-refractivity contribution in [2.75, 3.05) is 7.11 Å². The molecule has 1 aromatic rings. The number of aryl methyl sites for hydroxylation is 2. The fourth-order valence-corrected chi connectivity index (χ4v) is 2.75. The third kappa shape index (κ3) is 1.68. The second-order valence-electron chi connectivity index (χ2n) is 5.10. The van der Waals surface area contributed by atoms with Gasteiger partial charge in [0.05, 0.1) is 12.5 Å². The van der Waals surface area contributed by atoms with E-state index in [4.69, 9.17) is 10.6 Å². The summed E-state index contributed by atoms with van der Waals surface area (Å²) in [7, 11) is 1.65. The number of hydrazine groups is 1. The van der Waals surface area contributed by atoms with E-state index in [1.54, 1.807) is 7.11 Å². The summed E-state index contributed by atoms with van der Waals surface area (Å²) in [6.45, 7) is 6.10. The number of benzene rings is 1. The lowest BCUT2D eigenvalue weighted by Crippen LogP contribution is -2.39. The predicted octanol–water partition coefficient (Wildman–Crippen LogP) is 1.64. The van der Waals surface area contributed by atoms with E-state index < -0.39 is 5.41 Å². The number of methoxy groups -OCH3 is 1. The quantitative estimate of drug-likeness (QED) is 0.485. The smallest absolute Gasteiger partial charge is 0.244 e. The molecule has 1 aliphatic carbocycles. The van der Waals surface area contributed by atoms with Crippen molar-refractivity contribution in [3.63, 3.8) is 0 Å². The Morgan fingerprint density at radius 1 is 1.33 bits per heavy atom. The normalized spacial score (nSPS) is 16.3. The van der Waals surface area contributed by atoms with Crippen molar-refractivity contribution in [3.8, 4) is 5.75 Å². The van der Waals surface area contributed by atoms with Gasteiger partial charge in [0.1, 0.15) is 5.75 Å². The molecule has 0 aliphatic heterocycles. The summed E-state index contributed by atoms with van der Waals surface area (Å²) in [4.78, 5) is 12.0. The first kappa shape index (κ1) is 12.9. The number of rotatable bonds is 3. The zero-order valence-corrected chi connectivity index (χ0v) is 11.4. The zero-order chi connectivity index (χ0) is 13.5. The van der Waals surface area contributed by atoms with Crippen LogP contribution in [0, 0.1) is 20.8 Å². The lowest BCUT2D eigenvalue weighted by molar-refractivity contribution is -0.123. The molecule has 0 atom stereocenters. The summed E-state index contributed by atoms with van der Waals surface area (Å²) >= 11 is 0. The van der Waals surface area contributed by atoms with Crippen molar-refractivity contribution in [3.05, 3.63) is 28.3 Å². The van der Waals surface area contributed by atoms with E-state index in [1.807, 2.05) is 13.8 Å². The second-order valence-corrected chi connectivity index (χ2v) is 5.10. The molecule has 0 spiro atoms. The Morgan fingerprint density at radius 2 is 1.94 bits per heavy atom. The number of hydrogen-bond donors (Lipinski definition) is 2. The van der Waals surface area contributed by atoms with Crippen molar-refractivity contribution < 1.29 is 9.53 Å². The van der Waals surface area contributed by atoms with Crippen molar-refractivity contribution in [1.29, 1.82) is 0 Å². The maximum absolute atomic E-state index is 12.0. The molecule has 3 N–H and O–H groups in total. The van der Waals surface area contributed by atoms with E-state index in [2.05, 4.69) is 18.4 Å². The molecule has 0 unspecified atom stereocenters. The highest BCUT2D eigenvalue weighted by atomic mass is 16.5. The monoisotopic (exact) mass is 248 g/mol. The largest absolute Gasteiger partial charge is 0.496 e. The molecule has 1 aliphatic rings. The van der Waals surface area contributed by atoms with Crippen LogP contribution in [0.15, 0.2) is 6.07 Å². The molecule has 0 aromatic heterocycles. The van der Waals surface area contributed by atoms with Gasteiger partial charge in [-0.1, -0.05) is 6.07 Å². The summed E-state index contributed by atoms with van der Waals surface area (Å²) in [5, 5.41) is 0. The number of nitrogens with one attached hydrogen (secondary N) is 1. The Hall–Kier alpha value is -1.55. The Labute approximate surface area is 107 Å². The predicted molar refractivity (Wildman–Crippen MR) is 70.4 cm³/mol. The molecule has 1 saturated carbocycles. The first-order valence-electron chi connectivity index (χ1n) is 6.14. The first-order valence-corrected chi connectivity index (χ1v) is 6.14. The number of amides is 1. The number of hydrogen-bond acceptors (Lipinski definition) is 3. The number of carbonyl (C=O) groups is 1. The molecular weight excluding hydrogens is 228 g/mol. The topological polar surface area (TPSA) is 64.3 Å². The minimum Gasteiger partial charge on any atom is -0.496 e. The van der Waals surface area contributed by atoms with Gasteiger partial charge >= 0.3 is 0 Å². The van der Waals surface area contributed by atoms with Crippen LogP contribution in [0.4, 0.5) is 0 Å². The van der Waals surface area contributed by atoms with Gasteiger partial charge in [-0.2, -0.15) is 0 Å². The molecule has 1 aromatic carbocycles. The van der Waals surface area contributed by atoms with Gasteiger partial charge in [-0.15, -0.1) is 0 Å². The summed E-state index contributed by atoms with van der Waals surface area (Å²) in [6.07, 6.45) is 1.66. The molecule has 4 heteroatoms. The van der Waals surface area contributed by atoms with Crippen molar-refractivity contribution >= 4 is 5.91 Å². The molecule has 0 bridgehead atoms. The fourth-order valence-electron chi connectivity index (χ4n) is 2.75. The molecule has 0 heterocycles. The molecular formula is C14H20N2O2. The van der Waals surface area contributed by atoms with Crippen LogP contribution in [0.25, 0.3) is 0 Å². The van der Waals surface area contributed by atoms with E-state index in [9.17, 15) is 4.79 Å². The highest BCUT2D eigenvalue weighted by Crippen LogP contribution is 2.53. The number of ether oxygens (including phenoxy) is 1. The van der Waals surface area contributed by atoms with Crippen LogP contribution in [0.1, 0.15) is 35.1 Å². The van der Waals surface area contributed by atoms with Gasteiger partial charge in [-0.3, -0.25) is 10.2 Å². The number of carbonyl (C=O) groups excluding carboxylic acids is 1. The van der Waals surface area contributed by atoms with Crippen LogP contribution in [0.5, 0.6) is 5.75 Å². The Morgan fingerprint density at radius 3 is 2.39 bits per heavy atom. The maximum Gasteiger partial charge on any atom is 0.244 e. The maximum atomic E-state index is 12.0. The fraction of sp³-hybridized carbons (Fsp3) is 0.500. The van der Waals surface area contributed by atoms with Gasteiger partial charge in [0.15, 0.2) is 0 Å². The van der Waals surface area contributed by atoms with Crippen molar-refractivity contribution in [2.24, 2.45) is 5.84 Å². The van der Waals surface area contributed by atoms with Crippen LogP contribution >= 0.6 is 0 Å². The molecule has 1 amide bonds. The zero-order valence-electron chi connectivity index (χ0n) is 11.4. The summed E-state index contributed by atoms with van der Waals surface area (Å²) in [5.74, 6) is 6.01. The van der Waals surface area contributed by atoms with Crippen LogP contribution in [0.3, 0.4) is 0 Å². The molecule has 4 nitrogen and oxygen atoms in total. The highest BCUT2D eigenvalue weighted by molar-refractivity contribution is 5.92. The Balaban J connectivity index is 2.65. The Kier molecular flexibility index (Phi) is 3.07. The third-order valence-corrected chi connectivity index (χ3v) is 3.98. The molecule has 18 heavy (non-hydrogen) atoms. The van der Waals surface area contributed by atoms with E-state index >= 15 is 0 Å². The minimum atomic E-state index is -0.483. The van der Waals surface area contributed by atoms with Crippen LogP contribution in [-0.2, 0) is 10.2 Å². The lowest BCUT2D eigenvalue weighted by atomic mass is 9.87. The van der Waals surface area contributed by atoms with Crippen LogP contribution in [-0.4, -0.2) is 13.0 Å². The van der Waals surface area contributed by atoms with Gasteiger partial charge in [-0.25, -0.2) is 5.84 Å². The van der Waals surface area contributed by atoms with E-state index in [0.717, 1.165) is 35.3 Å². The lowest BCUT2D eigenvalue weighted by Gasteiger charge is -2.22. The van der Waals surface area contributed by atoms with E-state index in [1.165, 1.54) is 5.56 Å². The van der Waals surface area contributed by atoms with Crippen LogP contribution < -0.4 is 16.0 Å². The molecule has 98 valence electrons. The molecule has 0 radical (unpaired) electrons. The molecule has 2 rings (SSSR count). The standard InChI is InChI=1S/C14H20N2O2/c1-8-7-9(2)11(12(18-4)10(8)3)14(5-6-14)13(17)16-15/h7H,5-6,15H2,1-4H3,(H,16,17). The van der Waals surface area contributed by atoms with Gasteiger partial charge in [0.2, 0.25) is 5.91 Å². The SMILES string of the molecule is COc1c(C)c(C)cc(C)c1C1(C(=O)NN)CC1. The molecule has 1 fully saturated rings. The van der Waals surface area contributed by atoms with Crippen LogP contribution in [0.2, 0.25) is 0 Å². The van der Waals surface area contributed by atoms with Crippen molar-refractivity contribution in [1.82, 2.24) is 5.43 Å². The number of nitrogens with two attached hydrogens (primary N) is 1. The average molecular weight is 248 g/mol. The second kappa shape index (κ2) is 4.28. The van der Waals surface area contributed by atoms with Crippen molar-refractivity contribution in [2.45, 2.75) is 39.0 Å². The van der Waals surface area contributed by atoms with Gasteiger partial charge in [0.25, 0.3) is 0 Å². The van der Waals surface area contributed by atoms with E-state index in [-0.39, 0.29) is 5.91 Å².